The Morgan fingerprint density at radius 1 is 0.389 bits per heavy atom. The fraction of sp³-hybridized carbons (Fsp3) is 0.848. The van der Waals surface area contributed by atoms with Gasteiger partial charge < -0.3 is 20.3 Å². The predicted octanol–water partition coefficient (Wildman–Crippen LogP) is 20.1. The minimum Gasteiger partial charge on any atom is -0.466 e. The zero-order valence-electron chi connectivity index (χ0n) is 48.2. The van der Waals surface area contributed by atoms with Gasteiger partial charge in [-0.15, -0.1) is 0 Å². The second-order valence-electron chi connectivity index (χ2n) is 21.7. The highest BCUT2D eigenvalue weighted by Crippen LogP contribution is 2.17. The Hall–Kier alpha value is -2.18. The quantitative estimate of drug-likeness (QED) is 0.0320. The number of allylic oxidation sites excluding steroid dienone is 8. The summed E-state index contributed by atoms with van der Waals surface area (Å²) in [5.41, 5.74) is 0. The molecular weight excluding hydrogens is 887 g/mol. The maximum Gasteiger partial charge on any atom is 0.305 e. The highest BCUT2D eigenvalue weighted by molar-refractivity contribution is 5.76. The molecule has 0 rings (SSSR count). The third kappa shape index (κ3) is 57.1. The van der Waals surface area contributed by atoms with Gasteiger partial charge in [0.15, 0.2) is 0 Å². The van der Waals surface area contributed by atoms with Gasteiger partial charge in [0.2, 0.25) is 5.91 Å². The molecular formula is C66H123NO5. The highest BCUT2D eigenvalue weighted by atomic mass is 16.5. The van der Waals surface area contributed by atoms with Crippen molar-refractivity contribution in [2.24, 2.45) is 0 Å². The molecule has 1 amide bonds. The number of carbonyl (C=O) groups excluding carboxylic acids is 2. The van der Waals surface area contributed by atoms with Crippen LogP contribution in [0.4, 0.5) is 0 Å². The Morgan fingerprint density at radius 3 is 1.07 bits per heavy atom. The summed E-state index contributed by atoms with van der Waals surface area (Å²) in [5.74, 6) is -0.0452. The normalized spacial score (nSPS) is 12.9. The zero-order chi connectivity index (χ0) is 52.2. The number of hydrogen-bond donors (Lipinski definition) is 3. The molecule has 0 bridgehead atoms. The molecule has 2 unspecified atom stereocenters. The van der Waals surface area contributed by atoms with E-state index in [1.807, 2.05) is 0 Å². The largest absolute Gasteiger partial charge is 0.466 e. The Kier molecular flexibility index (Phi) is 59.5. The summed E-state index contributed by atoms with van der Waals surface area (Å²) >= 11 is 0. The molecule has 2 atom stereocenters. The summed E-state index contributed by atoms with van der Waals surface area (Å²) in [4.78, 5) is 24.5. The molecule has 0 aromatic rings. The maximum absolute atomic E-state index is 12.5. The van der Waals surface area contributed by atoms with Crippen LogP contribution in [-0.2, 0) is 14.3 Å². The maximum atomic E-state index is 12.5. The number of amides is 1. The molecule has 0 aliphatic heterocycles. The topological polar surface area (TPSA) is 95.9 Å². The van der Waals surface area contributed by atoms with Crippen LogP contribution in [0.25, 0.3) is 0 Å². The van der Waals surface area contributed by atoms with E-state index in [2.05, 4.69) is 67.8 Å². The van der Waals surface area contributed by atoms with Gasteiger partial charge in [-0.1, -0.05) is 281 Å². The van der Waals surface area contributed by atoms with E-state index < -0.39 is 12.1 Å². The Labute approximate surface area is 448 Å². The van der Waals surface area contributed by atoms with Crippen molar-refractivity contribution in [1.29, 1.82) is 0 Å². The number of esters is 1. The number of ether oxygens (including phenoxy) is 1. The SMILES string of the molecule is CCCCCC/C=C\C/C=C\CCCCCCCC(=O)OCCCCCCCCCCC/C=C\C/C=C\CCCCCCCCCCCC(=O)NC(CO)C(O)CCCCCCCCCCCCCCCC. The van der Waals surface area contributed by atoms with Gasteiger partial charge in [-0.05, 0) is 89.9 Å². The molecule has 0 aliphatic carbocycles. The standard InChI is InChI=1S/C66H123NO5/c1-3-5-7-9-11-13-15-17-19-32-36-40-44-48-52-56-60-66(71)72-61-57-53-49-45-41-37-33-30-28-26-24-22-20-21-23-25-27-29-31-35-39-43-47-51-55-59-65(70)67-63(62-68)64(69)58-54-50-46-42-38-34-18-16-14-12-10-8-6-4-2/h13,15,19,21-24,32,63-64,68-69H,3-12,14,16-18,20,25-31,33-62H2,1-2H3,(H,67,70)/b15-13-,23-21-,24-22-,32-19-. The molecule has 0 spiro atoms. The van der Waals surface area contributed by atoms with Gasteiger partial charge >= 0.3 is 5.97 Å². The summed E-state index contributed by atoms with van der Waals surface area (Å²) in [5, 5.41) is 23.3. The van der Waals surface area contributed by atoms with Crippen molar-refractivity contribution < 1.29 is 24.5 Å². The summed E-state index contributed by atoms with van der Waals surface area (Å²) in [6, 6.07) is -0.546. The first-order chi connectivity index (χ1) is 35.5. The monoisotopic (exact) mass is 1010 g/mol. The van der Waals surface area contributed by atoms with Gasteiger partial charge in [-0.3, -0.25) is 9.59 Å². The number of carbonyl (C=O) groups is 2. The van der Waals surface area contributed by atoms with Crippen LogP contribution in [0.1, 0.15) is 335 Å². The first-order valence-electron chi connectivity index (χ1n) is 31.9. The Morgan fingerprint density at radius 2 is 0.694 bits per heavy atom. The molecule has 0 saturated carbocycles. The predicted molar refractivity (Wildman–Crippen MR) is 315 cm³/mol. The van der Waals surface area contributed by atoms with Crippen LogP contribution in [0.15, 0.2) is 48.6 Å². The van der Waals surface area contributed by atoms with E-state index in [4.69, 9.17) is 4.74 Å². The van der Waals surface area contributed by atoms with Crippen molar-refractivity contribution in [2.75, 3.05) is 13.2 Å². The molecule has 6 nitrogen and oxygen atoms in total. The molecule has 0 aliphatic rings. The summed E-state index contributed by atoms with van der Waals surface area (Å²) in [6.45, 7) is 4.93. The number of rotatable bonds is 59. The minimum atomic E-state index is -0.669. The van der Waals surface area contributed by atoms with E-state index in [0.29, 0.717) is 25.9 Å². The first-order valence-corrected chi connectivity index (χ1v) is 31.9. The van der Waals surface area contributed by atoms with Crippen molar-refractivity contribution in [3.05, 3.63) is 48.6 Å². The molecule has 422 valence electrons. The molecule has 0 aromatic heterocycles. The molecule has 0 heterocycles. The highest BCUT2D eigenvalue weighted by Gasteiger charge is 2.20. The summed E-state index contributed by atoms with van der Waals surface area (Å²) in [7, 11) is 0. The second kappa shape index (κ2) is 61.4. The van der Waals surface area contributed by atoms with Crippen LogP contribution in [0.3, 0.4) is 0 Å². The van der Waals surface area contributed by atoms with E-state index in [-0.39, 0.29) is 18.5 Å². The lowest BCUT2D eigenvalue weighted by atomic mass is 10.0. The van der Waals surface area contributed by atoms with E-state index in [0.717, 1.165) is 57.8 Å². The Balaban J connectivity index is 3.44. The number of hydrogen-bond acceptors (Lipinski definition) is 5. The average molecular weight is 1010 g/mol. The van der Waals surface area contributed by atoms with E-state index in [1.54, 1.807) is 0 Å². The number of aliphatic hydroxyl groups excluding tert-OH is 2. The third-order valence-electron chi connectivity index (χ3n) is 14.6. The summed E-state index contributed by atoms with van der Waals surface area (Å²) < 4.78 is 5.48. The fourth-order valence-electron chi connectivity index (χ4n) is 9.70. The van der Waals surface area contributed by atoms with Gasteiger partial charge in [0.1, 0.15) is 0 Å². The summed E-state index contributed by atoms with van der Waals surface area (Å²) in [6.07, 6.45) is 78.4. The fourth-order valence-corrected chi connectivity index (χ4v) is 9.70. The van der Waals surface area contributed by atoms with Crippen LogP contribution < -0.4 is 5.32 Å². The van der Waals surface area contributed by atoms with Crippen LogP contribution in [-0.4, -0.2) is 47.4 Å². The van der Waals surface area contributed by atoms with Gasteiger partial charge in [-0.25, -0.2) is 0 Å². The smallest absolute Gasteiger partial charge is 0.305 e. The molecule has 0 aromatic carbocycles. The number of aliphatic hydroxyl groups is 2. The number of nitrogens with one attached hydrogen (secondary N) is 1. The molecule has 0 fully saturated rings. The van der Waals surface area contributed by atoms with Crippen molar-refractivity contribution in [1.82, 2.24) is 5.32 Å². The molecule has 0 saturated heterocycles. The van der Waals surface area contributed by atoms with Gasteiger partial charge in [0, 0.05) is 12.8 Å². The zero-order valence-corrected chi connectivity index (χ0v) is 48.2. The molecule has 6 heteroatoms. The van der Waals surface area contributed by atoms with Gasteiger partial charge in [0.05, 0.1) is 25.4 Å². The lowest BCUT2D eigenvalue weighted by molar-refractivity contribution is -0.143. The van der Waals surface area contributed by atoms with E-state index >= 15 is 0 Å². The Bertz CT molecular complexity index is 1210. The van der Waals surface area contributed by atoms with Crippen molar-refractivity contribution >= 4 is 11.9 Å². The lowest BCUT2D eigenvalue weighted by Gasteiger charge is -2.22. The average Bonchev–Trinajstić information content (AvgIpc) is 3.38. The van der Waals surface area contributed by atoms with Gasteiger partial charge in [0.25, 0.3) is 0 Å². The van der Waals surface area contributed by atoms with Crippen LogP contribution in [0.5, 0.6) is 0 Å². The third-order valence-corrected chi connectivity index (χ3v) is 14.6. The minimum absolute atomic E-state index is 0.00465. The first kappa shape index (κ1) is 69.8. The number of unbranched alkanes of at least 4 members (excludes halogenated alkanes) is 40. The van der Waals surface area contributed by atoms with E-state index in [1.165, 1.54) is 244 Å². The second-order valence-corrected chi connectivity index (χ2v) is 21.7. The molecule has 3 N–H and O–H groups in total. The molecule has 0 radical (unpaired) electrons. The van der Waals surface area contributed by atoms with Crippen LogP contribution in [0, 0.1) is 0 Å². The van der Waals surface area contributed by atoms with Crippen molar-refractivity contribution in [3.63, 3.8) is 0 Å². The van der Waals surface area contributed by atoms with Gasteiger partial charge in [-0.2, -0.15) is 0 Å². The van der Waals surface area contributed by atoms with Crippen molar-refractivity contribution in [2.45, 2.75) is 347 Å². The molecule has 72 heavy (non-hydrogen) atoms. The van der Waals surface area contributed by atoms with Crippen LogP contribution >= 0.6 is 0 Å². The van der Waals surface area contributed by atoms with Crippen LogP contribution in [0.2, 0.25) is 0 Å². The van der Waals surface area contributed by atoms with Crippen molar-refractivity contribution in [3.8, 4) is 0 Å². The van der Waals surface area contributed by atoms with E-state index in [9.17, 15) is 19.8 Å². The lowest BCUT2D eigenvalue weighted by Crippen LogP contribution is -2.45.